The first-order chi connectivity index (χ1) is 20.1. The third-order valence-electron chi connectivity index (χ3n) is 5.02. The lowest BCUT2D eigenvalue weighted by Gasteiger charge is -2.21. The molecule has 4 unspecified atom stereocenters. The number of allylic oxidation sites excluding steroid dienone is 1. The van der Waals surface area contributed by atoms with Gasteiger partial charge in [0.05, 0.1) is 25.9 Å². The lowest BCUT2D eigenvalue weighted by Crippen LogP contribution is -2.34. The van der Waals surface area contributed by atoms with E-state index in [2.05, 4.69) is 41.9 Å². The van der Waals surface area contributed by atoms with Gasteiger partial charge in [-0.1, -0.05) is 30.1 Å². The topological polar surface area (TPSA) is 260 Å². The van der Waals surface area contributed by atoms with E-state index in [1.54, 1.807) is 19.1 Å². The van der Waals surface area contributed by atoms with Crippen molar-refractivity contribution < 1.29 is 65.0 Å². The molecular weight excluding hydrogens is 643 g/mol. The number of aromatic nitrogens is 2. The number of ether oxygens (including phenoxy) is 3. The highest BCUT2D eigenvalue weighted by Crippen LogP contribution is 2.67. The number of carbonyl (C=O) groups is 1. The van der Waals surface area contributed by atoms with Crippen LogP contribution in [0.3, 0.4) is 0 Å². The largest absolute Gasteiger partial charge is 0.490 e. The van der Waals surface area contributed by atoms with E-state index in [0.29, 0.717) is 7.11 Å². The number of carbonyl (C=O) groups excluding carboxylic acids is 1. The van der Waals surface area contributed by atoms with Gasteiger partial charge in [-0.2, -0.15) is 8.62 Å². The van der Waals surface area contributed by atoms with E-state index in [1.807, 2.05) is 0 Å². The highest BCUT2D eigenvalue weighted by atomic mass is 31.3. The molecule has 0 aliphatic carbocycles. The highest BCUT2D eigenvalue weighted by Gasteiger charge is 2.44. The molecule has 0 bridgehead atoms. The third-order valence-corrected chi connectivity index (χ3v) is 9.26. The first-order valence-electron chi connectivity index (χ1n) is 12.0. The molecule has 0 aromatic carbocycles. The number of aromatic amines is 1. The Balaban J connectivity index is 2.15. The van der Waals surface area contributed by atoms with E-state index >= 15 is 0 Å². The summed E-state index contributed by atoms with van der Waals surface area (Å²) >= 11 is 0. The second-order valence-corrected chi connectivity index (χ2v) is 12.8. The van der Waals surface area contributed by atoms with Crippen molar-refractivity contribution in [1.29, 1.82) is 0 Å². The maximum absolute atomic E-state index is 12.5. The minimum Gasteiger partial charge on any atom is -0.445 e. The molecule has 1 aromatic rings. The summed E-state index contributed by atoms with van der Waals surface area (Å²) in [6.45, 7) is 4.32. The van der Waals surface area contributed by atoms with Crippen molar-refractivity contribution in [3.8, 4) is 11.8 Å². The first kappa shape index (κ1) is 36.5. The molecule has 2 heterocycles. The molecule has 19 nitrogen and oxygen atoms in total. The summed E-state index contributed by atoms with van der Waals surface area (Å²) < 4.78 is 69.0. The molecule has 43 heavy (non-hydrogen) atoms. The molecule has 1 aromatic heterocycles. The van der Waals surface area contributed by atoms with Gasteiger partial charge >= 0.3 is 35.3 Å². The van der Waals surface area contributed by atoms with Gasteiger partial charge in [0.15, 0.2) is 0 Å². The Morgan fingerprint density at radius 1 is 1.21 bits per heavy atom. The number of alkyl carbamates (subject to hydrolysis) is 1. The van der Waals surface area contributed by atoms with Gasteiger partial charge in [-0.05, 0) is 6.92 Å². The fourth-order valence-corrected chi connectivity index (χ4v) is 6.47. The summed E-state index contributed by atoms with van der Waals surface area (Å²) in [7, 11) is -15.5. The molecule has 0 saturated carbocycles. The van der Waals surface area contributed by atoms with Gasteiger partial charge in [-0.15, -0.1) is 6.58 Å². The van der Waals surface area contributed by atoms with Crippen LogP contribution in [0.25, 0.3) is 0 Å². The summed E-state index contributed by atoms with van der Waals surface area (Å²) in [5, 5.41) is 2.36. The number of hydrogen-bond donors (Lipinski definition) is 5. The second-order valence-electron chi connectivity index (χ2n) is 8.10. The lowest BCUT2D eigenvalue weighted by molar-refractivity contribution is -0.0571. The molecule has 1 saturated heterocycles. The number of phosphoric acid groups is 3. The zero-order valence-electron chi connectivity index (χ0n) is 22.7. The maximum Gasteiger partial charge on any atom is 0.490 e. The zero-order valence-corrected chi connectivity index (χ0v) is 25.4. The van der Waals surface area contributed by atoms with Crippen LogP contribution in [0.2, 0.25) is 0 Å². The Labute approximate surface area is 244 Å². The van der Waals surface area contributed by atoms with E-state index in [4.69, 9.17) is 23.6 Å². The summed E-state index contributed by atoms with van der Waals surface area (Å²) in [5.41, 5.74) is -1.88. The fourth-order valence-electron chi connectivity index (χ4n) is 3.20. The average molecular weight is 673 g/mol. The van der Waals surface area contributed by atoms with Crippen molar-refractivity contribution in [2.24, 2.45) is 0 Å². The standard InChI is InChI=1S/C21H30N3O16P3/c1-4-6-11-36-21(27)22-9-7-8-15-13-24(20(26)23-19(15)25)18-12-16(35-10-5-2)17(38-18)14-37-42(30,31)40-43(32,33)39-41(28,29)34-3/h4-6,13,16-18H,2,9-12,14H2,1,3H3,(H,22,27)(H,28,29)(H,30,31)(H,32,33)(H,23,25,26)/b6-4-/t16?,17-,18-/m1/s1. The molecule has 22 heteroatoms. The molecule has 0 spiro atoms. The molecule has 1 fully saturated rings. The van der Waals surface area contributed by atoms with Gasteiger partial charge in [-0.3, -0.25) is 23.4 Å². The number of nitrogens with one attached hydrogen (secondary N) is 2. The quantitative estimate of drug-likeness (QED) is 0.0990. The molecule has 240 valence electrons. The van der Waals surface area contributed by atoms with Gasteiger partial charge in [0.1, 0.15) is 24.5 Å². The van der Waals surface area contributed by atoms with Crippen molar-refractivity contribution in [2.45, 2.75) is 31.8 Å². The van der Waals surface area contributed by atoms with Crippen molar-refractivity contribution in [3.63, 3.8) is 0 Å². The van der Waals surface area contributed by atoms with Crippen molar-refractivity contribution in [1.82, 2.24) is 14.9 Å². The second kappa shape index (κ2) is 16.4. The molecule has 1 aliphatic heterocycles. The predicted molar refractivity (Wildman–Crippen MR) is 145 cm³/mol. The van der Waals surface area contributed by atoms with Crippen LogP contribution < -0.4 is 16.6 Å². The Bertz CT molecular complexity index is 1490. The Hall–Kier alpha value is -2.68. The number of hydrogen-bond acceptors (Lipinski definition) is 13. The zero-order chi connectivity index (χ0) is 32.3. The number of nitrogens with zero attached hydrogens (tertiary/aromatic N) is 1. The van der Waals surface area contributed by atoms with E-state index in [-0.39, 0.29) is 31.7 Å². The van der Waals surface area contributed by atoms with Gasteiger partial charge in [0.2, 0.25) is 0 Å². The van der Waals surface area contributed by atoms with Crippen LogP contribution in [-0.2, 0) is 45.6 Å². The SMILES string of the molecule is C=CCOC1C[C@H](n2cc(C#CCNC(=O)OC/C=C\C)c(=O)[nH]c2=O)O[C@@H]1COP(=O)(O)OP(=O)(O)OP(=O)(O)OC. The van der Waals surface area contributed by atoms with Crippen LogP contribution >= 0.6 is 23.5 Å². The van der Waals surface area contributed by atoms with Crippen molar-refractivity contribution in [2.75, 3.05) is 33.5 Å². The van der Waals surface area contributed by atoms with E-state index in [1.165, 1.54) is 6.08 Å². The molecule has 6 atom stereocenters. The summed E-state index contributed by atoms with van der Waals surface area (Å²) in [5.74, 6) is 5.05. The van der Waals surface area contributed by atoms with Crippen molar-refractivity contribution >= 4 is 29.6 Å². The van der Waals surface area contributed by atoms with E-state index in [0.717, 1.165) is 10.8 Å². The predicted octanol–water partition coefficient (Wildman–Crippen LogP) is 1.05. The van der Waals surface area contributed by atoms with Gasteiger partial charge in [0, 0.05) is 19.7 Å². The summed E-state index contributed by atoms with van der Waals surface area (Å²) in [4.78, 5) is 67.0. The average Bonchev–Trinajstić information content (AvgIpc) is 3.31. The molecule has 5 N–H and O–H groups in total. The van der Waals surface area contributed by atoms with Crippen LogP contribution in [0, 0.1) is 11.8 Å². The molecule has 2 rings (SSSR count). The fraction of sp³-hybridized carbons (Fsp3) is 0.476. The summed E-state index contributed by atoms with van der Waals surface area (Å²) in [6.07, 6.45) is 1.78. The van der Waals surface area contributed by atoms with Crippen LogP contribution in [0.4, 0.5) is 4.79 Å². The number of H-pyrrole nitrogens is 1. The highest BCUT2D eigenvalue weighted by molar-refractivity contribution is 7.66. The van der Waals surface area contributed by atoms with Gasteiger partial charge in [0.25, 0.3) is 5.56 Å². The first-order valence-corrected chi connectivity index (χ1v) is 16.5. The van der Waals surface area contributed by atoms with E-state index in [9.17, 15) is 37.9 Å². The Morgan fingerprint density at radius 3 is 2.56 bits per heavy atom. The third kappa shape index (κ3) is 12.5. The molecular formula is C21H30N3O16P3. The molecule has 1 amide bonds. The van der Waals surface area contributed by atoms with Crippen LogP contribution in [0.15, 0.2) is 40.6 Å². The van der Waals surface area contributed by atoms with Gasteiger partial charge in [-0.25, -0.2) is 23.3 Å². The number of amides is 1. The number of phosphoric ester groups is 2. The van der Waals surface area contributed by atoms with Crippen LogP contribution in [0.5, 0.6) is 0 Å². The lowest BCUT2D eigenvalue weighted by atomic mass is 10.2. The minimum absolute atomic E-state index is 0.0194. The van der Waals surface area contributed by atoms with Crippen LogP contribution in [-0.4, -0.2) is 76.0 Å². The van der Waals surface area contributed by atoms with Crippen molar-refractivity contribution in [3.05, 3.63) is 57.4 Å². The van der Waals surface area contributed by atoms with E-state index < -0.39 is 65.9 Å². The Morgan fingerprint density at radius 2 is 1.91 bits per heavy atom. The minimum atomic E-state index is -5.63. The Kier molecular flexibility index (Phi) is 13.9. The molecule has 0 radical (unpaired) electrons. The van der Waals surface area contributed by atoms with Gasteiger partial charge < -0.3 is 34.2 Å². The van der Waals surface area contributed by atoms with Crippen LogP contribution in [0.1, 0.15) is 25.1 Å². The summed E-state index contributed by atoms with van der Waals surface area (Å²) in [6, 6.07) is 0. The number of rotatable bonds is 15. The maximum atomic E-state index is 12.5. The smallest absolute Gasteiger partial charge is 0.445 e. The normalized spacial score (nSPS) is 22.5. The monoisotopic (exact) mass is 673 g/mol. The molecule has 1 aliphatic rings.